The van der Waals surface area contributed by atoms with Gasteiger partial charge in [0.25, 0.3) is 0 Å². The molecule has 3 unspecified atom stereocenters. The van der Waals surface area contributed by atoms with Crippen LogP contribution in [0.15, 0.2) is 0 Å². The second-order valence-corrected chi connectivity index (χ2v) is 10.6. The summed E-state index contributed by atoms with van der Waals surface area (Å²) in [5, 5.41) is 0. The third kappa shape index (κ3) is 2.68. The Hall–Kier alpha value is -0.0400. The van der Waals surface area contributed by atoms with E-state index in [0.717, 1.165) is 53.9 Å². The predicted octanol–water partition coefficient (Wildman–Crippen LogP) is 5.88. The molecule has 2 N–H and O–H groups in total. The first kappa shape index (κ1) is 17.4. The second-order valence-electron chi connectivity index (χ2n) is 10.6. The standard InChI is InChI=1S/C23H41N/c1-15-4-6-18-17(14-15)5-7-20-19(18)10-12-23(3)21(8-9-22(20)23)16(2)11-13-24/h15-22H,4-14,24H2,1-3H3/t15-,16-,17+,18-,19?,20+,21?,22?,23+/m0/s1. The maximum atomic E-state index is 5.90. The topological polar surface area (TPSA) is 26.0 Å². The third-order valence-electron chi connectivity index (χ3n) is 9.60. The van der Waals surface area contributed by atoms with Crippen molar-refractivity contribution in [3.8, 4) is 0 Å². The van der Waals surface area contributed by atoms with Crippen LogP contribution >= 0.6 is 0 Å². The minimum Gasteiger partial charge on any atom is -0.330 e. The smallest absolute Gasteiger partial charge is 0.00746 e. The fourth-order valence-corrected chi connectivity index (χ4v) is 8.53. The molecule has 0 aromatic heterocycles. The average molecular weight is 332 g/mol. The average Bonchev–Trinajstić information content (AvgIpc) is 2.92. The Balaban J connectivity index is 1.51. The maximum absolute atomic E-state index is 5.90. The van der Waals surface area contributed by atoms with Gasteiger partial charge in [-0.25, -0.2) is 0 Å². The number of hydrogen-bond acceptors (Lipinski definition) is 1. The molecule has 9 atom stereocenters. The zero-order chi connectivity index (χ0) is 16.9. The molecule has 24 heavy (non-hydrogen) atoms. The van der Waals surface area contributed by atoms with Crippen LogP contribution in [0, 0.1) is 52.8 Å². The zero-order valence-corrected chi connectivity index (χ0v) is 16.5. The normalized spacial score (nSPS) is 52.2. The van der Waals surface area contributed by atoms with Crippen LogP contribution in [0.1, 0.15) is 85.0 Å². The van der Waals surface area contributed by atoms with E-state index in [0.29, 0.717) is 5.41 Å². The second kappa shape index (κ2) is 6.60. The van der Waals surface area contributed by atoms with Gasteiger partial charge >= 0.3 is 0 Å². The molecule has 0 aliphatic heterocycles. The minimum atomic E-state index is 0.643. The van der Waals surface area contributed by atoms with Gasteiger partial charge in [-0.1, -0.05) is 27.2 Å². The summed E-state index contributed by atoms with van der Waals surface area (Å²) in [5.74, 6) is 8.21. The molecule has 4 aliphatic rings. The molecular formula is C23H41N. The lowest BCUT2D eigenvalue weighted by molar-refractivity contribution is -0.0730. The highest BCUT2D eigenvalue weighted by atomic mass is 14.6. The Bertz CT molecular complexity index is 445. The van der Waals surface area contributed by atoms with Crippen molar-refractivity contribution < 1.29 is 0 Å². The molecule has 4 saturated carbocycles. The van der Waals surface area contributed by atoms with Crippen LogP contribution < -0.4 is 5.73 Å². The van der Waals surface area contributed by atoms with Crippen molar-refractivity contribution in [1.82, 2.24) is 0 Å². The van der Waals surface area contributed by atoms with Crippen LogP contribution in [0.5, 0.6) is 0 Å². The number of hydrogen-bond donors (Lipinski definition) is 1. The van der Waals surface area contributed by atoms with Crippen LogP contribution in [-0.2, 0) is 0 Å². The molecule has 4 fully saturated rings. The lowest BCUT2D eigenvalue weighted by Gasteiger charge is -2.56. The molecule has 0 heterocycles. The zero-order valence-electron chi connectivity index (χ0n) is 16.5. The molecule has 0 radical (unpaired) electrons. The molecule has 1 nitrogen and oxygen atoms in total. The van der Waals surface area contributed by atoms with Gasteiger partial charge in [-0.3, -0.25) is 0 Å². The highest BCUT2D eigenvalue weighted by molar-refractivity contribution is 5.06. The predicted molar refractivity (Wildman–Crippen MR) is 103 cm³/mol. The summed E-state index contributed by atoms with van der Waals surface area (Å²) < 4.78 is 0. The van der Waals surface area contributed by atoms with Crippen molar-refractivity contribution in [2.45, 2.75) is 85.0 Å². The number of nitrogens with two attached hydrogens (primary N) is 1. The first-order valence-corrected chi connectivity index (χ1v) is 11.2. The van der Waals surface area contributed by atoms with Crippen LogP contribution in [0.4, 0.5) is 0 Å². The first-order valence-electron chi connectivity index (χ1n) is 11.2. The van der Waals surface area contributed by atoms with Gasteiger partial charge in [-0.05, 0) is 117 Å². The molecule has 0 saturated heterocycles. The van der Waals surface area contributed by atoms with E-state index in [9.17, 15) is 0 Å². The lowest BCUT2D eigenvalue weighted by atomic mass is 9.49. The van der Waals surface area contributed by atoms with Gasteiger partial charge in [-0.15, -0.1) is 0 Å². The van der Waals surface area contributed by atoms with E-state index >= 15 is 0 Å². The van der Waals surface area contributed by atoms with Gasteiger partial charge in [0.2, 0.25) is 0 Å². The molecule has 0 spiro atoms. The van der Waals surface area contributed by atoms with Crippen molar-refractivity contribution in [2.75, 3.05) is 6.54 Å². The highest BCUT2D eigenvalue weighted by Crippen LogP contribution is 2.65. The van der Waals surface area contributed by atoms with Crippen LogP contribution in [-0.4, -0.2) is 6.54 Å². The molecule has 0 aromatic carbocycles. The largest absolute Gasteiger partial charge is 0.330 e. The van der Waals surface area contributed by atoms with E-state index in [1.807, 2.05) is 0 Å². The number of fused-ring (bicyclic) bond motifs is 5. The van der Waals surface area contributed by atoms with Gasteiger partial charge in [0.15, 0.2) is 0 Å². The van der Waals surface area contributed by atoms with Crippen LogP contribution in [0.25, 0.3) is 0 Å². The van der Waals surface area contributed by atoms with Crippen molar-refractivity contribution >= 4 is 0 Å². The Labute approximate surface area is 150 Å². The van der Waals surface area contributed by atoms with E-state index in [4.69, 9.17) is 5.73 Å². The third-order valence-corrected chi connectivity index (χ3v) is 9.60. The van der Waals surface area contributed by atoms with Crippen molar-refractivity contribution in [3.05, 3.63) is 0 Å². The minimum absolute atomic E-state index is 0.643. The Morgan fingerprint density at radius 3 is 2.54 bits per heavy atom. The molecule has 0 aromatic rings. The van der Waals surface area contributed by atoms with E-state index in [1.54, 1.807) is 32.1 Å². The first-order chi connectivity index (χ1) is 11.5. The molecule has 4 rings (SSSR count). The van der Waals surface area contributed by atoms with Gasteiger partial charge in [0.1, 0.15) is 0 Å². The summed E-state index contributed by atoms with van der Waals surface area (Å²) in [5.41, 5.74) is 6.54. The van der Waals surface area contributed by atoms with Crippen molar-refractivity contribution in [2.24, 2.45) is 58.5 Å². The number of rotatable bonds is 3. The maximum Gasteiger partial charge on any atom is -0.00746 e. The van der Waals surface area contributed by atoms with Crippen molar-refractivity contribution in [3.63, 3.8) is 0 Å². The molecular weight excluding hydrogens is 290 g/mol. The highest BCUT2D eigenvalue weighted by Gasteiger charge is 2.57. The Morgan fingerprint density at radius 2 is 1.75 bits per heavy atom. The Kier molecular flexibility index (Phi) is 4.78. The molecule has 4 aliphatic carbocycles. The molecule has 1 heteroatoms. The van der Waals surface area contributed by atoms with Gasteiger partial charge in [0.05, 0.1) is 0 Å². The Morgan fingerprint density at radius 1 is 0.958 bits per heavy atom. The molecule has 138 valence electrons. The summed E-state index contributed by atoms with van der Waals surface area (Å²) >= 11 is 0. The monoisotopic (exact) mass is 331 g/mol. The van der Waals surface area contributed by atoms with Gasteiger partial charge < -0.3 is 5.73 Å². The van der Waals surface area contributed by atoms with E-state index in [-0.39, 0.29) is 0 Å². The summed E-state index contributed by atoms with van der Waals surface area (Å²) in [6.07, 6.45) is 15.1. The summed E-state index contributed by atoms with van der Waals surface area (Å²) in [6.45, 7) is 8.57. The van der Waals surface area contributed by atoms with Gasteiger partial charge in [-0.2, -0.15) is 0 Å². The summed E-state index contributed by atoms with van der Waals surface area (Å²) in [7, 11) is 0. The molecule has 0 bridgehead atoms. The van der Waals surface area contributed by atoms with E-state index in [2.05, 4.69) is 20.8 Å². The summed E-state index contributed by atoms with van der Waals surface area (Å²) in [6, 6.07) is 0. The van der Waals surface area contributed by atoms with Crippen LogP contribution in [0.2, 0.25) is 0 Å². The van der Waals surface area contributed by atoms with Crippen molar-refractivity contribution in [1.29, 1.82) is 0 Å². The van der Waals surface area contributed by atoms with Crippen LogP contribution in [0.3, 0.4) is 0 Å². The fraction of sp³-hybridized carbons (Fsp3) is 1.00. The van der Waals surface area contributed by atoms with E-state index in [1.165, 1.54) is 32.1 Å². The SMILES string of the molecule is C[C@H]1CC[C@@H]2C3CC[C@@]4(C)C(CCC4[C@@H](C)CCN)[C@@H]3CC[C@@H]2C1. The fourth-order valence-electron chi connectivity index (χ4n) is 8.53. The lowest BCUT2D eigenvalue weighted by Crippen LogP contribution is -2.49. The molecule has 0 amide bonds. The summed E-state index contributed by atoms with van der Waals surface area (Å²) in [4.78, 5) is 0. The van der Waals surface area contributed by atoms with Gasteiger partial charge in [0, 0.05) is 0 Å². The van der Waals surface area contributed by atoms with E-state index < -0.39 is 0 Å². The quantitative estimate of drug-likeness (QED) is 0.687.